The smallest absolute Gasteiger partial charge is 0.253 e. The molecule has 0 atom stereocenters. The van der Waals surface area contributed by atoms with Crippen LogP contribution >= 0.6 is 0 Å². The van der Waals surface area contributed by atoms with Crippen molar-refractivity contribution in [1.29, 1.82) is 0 Å². The van der Waals surface area contributed by atoms with Gasteiger partial charge in [0.05, 0.1) is 0 Å². The van der Waals surface area contributed by atoms with E-state index in [4.69, 9.17) is 0 Å². The van der Waals surface area contributed by atoms with Crippen LogP contribution in [0.15, 0.2) is 29.3 Å². The molecule has 122 valence electrons. The van der Waals surface area contributed by atoms with E-state index in [0.717, 1.165) is 5.56 Å². The van der Waals surface area contributed by atoms with Crippen LogP contribution in [0.4, 0.5) is 0 Å². The Labute approximate surface area is 166 Å². The van der Waals surface area contributed by atoms with Crippen LogP contribution in [0.3, 0.4) is 0 Å². The Hall–Kier alpha value is -0.801. The summed E-state index contributed by atoms with van der Waals surface area (Å²) < 4.78 is 0. The molecule has 0 saturated heterocycles. The molecule has 23 heavy (non-hydrogen) atoms. The number of hydrogen-bond acceptors (Lipinski definition) is 3. The maximum absolute atomic E-state index is 11.8. The molecule has 0 saturated carbocycles. The van der Waals surface area contributed by atoms with Crippen molar-refractivity contribution in [2.75, 3.05) is 0 Å². The van der Waals surface area contributed by atoms with Crippen molar-refractivity contribution in [3.8, 4) is 11.4 Å². The number of hydrogen-bond donors (Lipinski definition) is 1. The van der Waals surface area contributed by atoms with E-state index in [2.05, 4.69) is 28.8 Å². The van der Waals surface area contributed by atoms with Gasteiger partial charge < -0.3 is 24.6 Å². The predicted molar refractivity (Wildman–Crippen MR) is 95.4 cm³/mol. The summed E-state index contributed by atoms with van der Waals surface area (Å²) in [4.78, 5) is 23.0. The molecule has 2 aromatic rings. The number of nitrogens with zero attached hydrogens (tertiary/aromatic N) is 2. The van der Waals surface area contributed by atoms with Gasteiger partial charge in [-0.05, 0) is 19.1 Å². The summed E-state index contributed by atoms with van der Waals surface area (Å²) in [6.45, 7) is 17.3. The maximum Gasteiger partial charge on any atom is 0.253 e. The van der Waals surface area contributed by atoms with E-state index in [1.54, 1.807) is 38.7 Å². The molecule has 2 heterocycles. The van der Waals surface area contributed by atoms with Gasteiger partial charge in [-0.1, -0.05) is 27.7 Å². The minimum atomic E-state index is -0.150. The first-order valence-electron chi connectivity index (χ1n) is 7.60. The van der Waals surface area contributed by atoms with Gasteiger partial charge in [0.2, 0.25) is 0 Å². The Morgan fingerprint density at radius 2 is 1.65 bits per heavy atom. The molecular weight excluding hydrogens is 362 g/mol. The van der Waals surface area contributed by atoms with Crippen molar-refractivity contribution >= 4 is 12.9 Å². The molecule has 0 aliphatic carbocycles. The Bertz CT molecular complexity index is 601. The first-order valence-corrected chi connectivity index (χ1v) is 7.60. The molecule has 2 radical (unpaired) electrons. The van der Waals surface area contributed by atoms with Gasteiger partial charge in [0.1, 0.15) is 13.1 Å². The fourth-order valence-electron chi connectivity index (χ4n) is 1.58. The van der Waals surface area contributed by atoms with E-state index < -0.39 is 0 Å². The Morgan fingerprint density at radius 1 is 1.13 bits per heavy atom. The first-order chi connectivity index (χ1) is 10.6. The average Bonchev–Trinajstić information content (AvgIpc) is 2.56. The summed E-state index contributed by atoms with van der Waals surface area (Å²) in [6, 6.07) is 3.59. The number of aromatic nitrogens is 3. The first kappa shape index (κ1) is 24.5. The Balaban J connectivity index is 0. The van der Waals surface area contributed by atoms with Gasteiger partial charge in [-0.25, -0.2) is 4.98 Å². The zero-order chi connectivity index (χ0) is 17.1. The molecule has 0 aliphatic rings. The zero-order valence-corrected chi connectivity index (χ0v) is 17.6. The van der Waals surface area contributed by atoms with E-state index >= 15 is 0 Å². The van der Waals surface area contributed by atoms with Crippen LogP contribution in [0.25, 0.3) is 11.4 Å². The summed E-state index contributed by atoms with van der Waals surface area (Å²) >= 11 is 0. The van der Waals surface area contributed by atoms with E-state index in [-0.39, 0.29) is 44.1 Å². The van der Waals surface area contributed by atoms with Gasteiger partial charge in [-0.2, -0.15) is 0 Å². The Kier molecular flexibility index (Phi) is 14.5. The topological polar surface area (TPSA) is 58.6 Å². The van der Waals surface area contributed by atoms with Gasteiger partial charge >= 0.3 is 0 Å². The summed E-state index contributed by atoms with van der Waals surface area (Å²) in [6.07, 6.45) is 3.31. The average molecular weight is 387 g/mol. The molecule has 0 amide bonds. The van der Waals surface area contributed by atoms with E-state index in [1.807, 2.05) is 27.7 Å². The van der Waals surface area contributed by atoms with Gasteiger partial charge in [0, 0.05) is 61.8 Å². The van der Waals surface area contributed by atoms with Gasteiger partial charge in [0.15, 0.2) is 0 Å². The minimum absolute atomic E-state index is 0. The van der Waals surface area contributed by atoms with Crippen molar-refractivity contribution in [3.05, 3.63) is 54.3 Å². The molecule has 0 spiro atoms. The number of H-pyrrole nitrogens is 1. The van der Waals surface area contributed by atoms with Crippen LogP contribution in [0.1, 0.15) is 33.3 Å². The predicted octanol–water partition coefficient (Wildman–Crippen LogP) is 2.98. The standard InChI is InChI=1S/C13H13BN3O.2C2H6.Y/c1-8(2)14-11-9(3)13(18)17-12(16-11)10-4-6-15-7-5-10;2*1-2;/h4-8H,1-2H2,3H3,(H,16,17,18);2*1-2H3;/q-2;;;. The van der Waals surface area contributed by atoms with Crippen molar-refractivity contribution in [3.63, 3.8) is 0 Å². The second kappa shape index (κ2) is 13.6. The molecule has 0 fully saturated rings. The summed E-state index contributed by atoms with van der Waals surface area (Å²) in [5.74, 6) is 0.378. The zero-order valence-electron chi connectivity index (χ0n) is 14.8. The number of rotatable bonds is 3. The van der Waals surface area contributed by atoms with Crippen LogP contribution in [0.2, 0.25) is 5.82 Å². The van der Waals surface area contributed by atoms with Crippen molar-refractivity contribution < 1.29 is 32.7 Å². The SMILES string of the molecule is CC.CC.[CH2-]C([CH2-])[B]c1nc(-c2ccncc2)[nH]c(=O)c1C.[Y]. The third-order valence-electron chi connectivity index (χ3n) is 2.54. The van der Waals surface area contributed by atoms with E-state index in [0.29, 0.717) is 17.0 Å². The molecule has 4 nitrogen and oxygen atoms in total. The fourth-order valence-corrected chi connectivity index (χ4v) is 1.58. The van der Waals surface area contributed by atoms with Gasteiger partial charge in [-0.15, -0.1) is 0 Å². The van der Waals surface area contributed by atoms with Crippen LogP contribution < -0.4 is 11.2 Å². The van der Waals surface area contributed by atoms with Crippen LogP contribution in [0.5, 0.6) is 0 Å². The summed E-state index contributed by atoms with van der Waals surface area (Å²) in [5, 5.41) is 0. The monoisotopic (exact) mass is 387 g/mol. The molecule has 0 aliphatic heterocycles. The Morgan fingerprint density at radius 3 is 2.13 bits per heavy atom. The third kappa shape index (κ3) is 8.03. The minimum Gasteiger partial charge on any atom is -0.376 e. The van der Waals surface area contributed by atoms with Crippen molar-refractivity contribution in [2.45, 2.75) is 40.4 Å². The molecule has 6 heteroatoms. The molecule has 0 bridgehead atoms. The molecule has 2 aromatic heterocycles. The van der Waals surface area contributed by atoms with Crippen LogP contribution in [-0.2, 0) is 32.7 Å². The third-order valence-corrected chi connectivity index (χ3v) is 2.54. The largest absolute Gasteiger partial charge is 0.376 e. The summed E-state index contributed by atoms with van der Waals surface area (Å²) in [7, 11) is 1.77. The molecule has 1 N–H and O–H groups in total. The number of aromatic amines is 1. The van der Waals surface area contributed by atoms with E-state index in [9.17, 15) is 4.79 Å². The van der Waals surface area contributed by atoms with E-state index in [1.165, 1.54) is 0 Å². The van der Waals surface area contributed by atoms with Crippen LogP contribution in [-0.4, -0.2) is 22.2 Å². The van der Waals surface area contributed by atoms with Gasteiger partial charge in [0.25, 0.3) is 5.56 Å². The maximum atomic E-state index is 11.8. The quantitative estimate of drug-likeness (QED) is 0.651. The van der Waals surface area contributed by atoms with Crippen molar-refractivity contribution in [1.82, 2.24) is 15.0 Å². The normalized spacial score (nSPS) is 8.87. The fraction of sp³-hybridized carbons (Fsp3) is 0.353. The molecule has 0 aromatic carbocycles. The molecule has 2 rings (SSSR count). The molecule has 0 unspecified atom stereocenters. The van der Waals surface area contributed by atoms with Gasteiger partial charge in [-0.3, -0.25) is 9.78 Å². The van der Waals surface area contributed by atoms with Crippen LogP contribution in [0, 0.1) is 20.8 Å². The number of pyridine rings is 1. The summed E-state index contributed by atoms with van der Waals surface area (Å²) in [5.41, 5.74) is 1.87. The second-order valence-corrected chi connectivity index (χ2v) is 4.09. The second-order valence-electron chi connectivity index (χ2n) is 4.09. The van der Waals surface area contributed by atoms with Crippen molar-refractivity contribution in [2.24, 2.45) is 0 Å². The number of nitrogens with one attached hydrogen (secondary N) is 1. The molecular formula is C17H25BN3OY-2.